The van der Waals surface area contributed by atoms with Crippen LogP contribution in [0.5, 0.6) is 0 Å². The molecule has 4 nitrogen and oxygen atoms in total. The molecule has 0 radical (unpaired) electrons. The molecule has 0 aromatic carbocycles. The van der Waals surface area contributed by atoms with Crippen molar-refractivity contribution in [3.63, 3.8) is 0 Å². The van der Waals surface area contributed by atoms with Gasteiger partial charge in [0.2, 0.25) is 5.91 Å². The molecule has 0 saturated carbocycles. The quantitative estimate of drug-likeness (QED) is 0.0421. The standard InChI is InChI=1S/C59H113NO3/c1-3-5-7-9-11-13-15-17-19-21-23-25-26-27-28-29-30-31-32-33-34-35-36-38-40-42-44-46-48-50-52-54-58(62)57(56-61)60-59(63)55-53-51-49-47-45-43-41-39-37-24-22-20-18-16-14-12-10-8-6-4-2/h36,38,44,46,52,54,57-58,61-62H,3-35,37,39-43,45,47-51,53,55-56H2,1-2H3,(H,60,63)/b38-36+,46-44+,54-52+. The fourth-order valence-electron chi connectivity index (χ4n) is 8.98. The number of unbranched alkanes of at least 4 members (excludes halogenated alkanes) is 42. The number of allylic oxidation sites excluding steroid dienone is 5. The molecular formula is C59H113NO3. The second-order valence-electron chi connectivity index (χ2n) is 19.7. The molecule has 0 fully saturated rings. The maximum Gasteiger partial charge on any atom is 0.220 e. The first-order valence-corrected chi connectivity index (χ1v) is 28.7. The van der Waals surface area contributed by atoms with Gasteiger partial charge in [0, 0.05) is 6.42 Å². The lowest BCUT2D eigenvalue weighted by atomic mass is 10.0. The summed E-state index contributed by atoms with van der Waals surface area (Å²) < 4.78 is 0. The van der Waals surface area contributed by atoms with Crippen LogP contribution in [0.25, 0.3) is 0 Å². The zero-order chi connectivity index (χ0) is 45.6. The van der Waals surface area contributed by atoms with E-state index in [1.165, 1.54) is 257 Å². The molecule has 0 spiro atoms. The SMILES string of the molecule is CCCCCCCCCCCCCCCCCCCCCCC/C=C/CC/C=C/CC/C=C/C(O)C(CO)NC(=O)CCCCCCCCCCCCCCCCCCCCCC. The number of hydrogen-bond donors (Lipinski definition) is 3. The van der Waals surface area contributed by atoms with Crippen molar-refractivity contribution in [1.82, 2.24) is 5.32 Å². The Morgan fingerprint density at radius 3 is 0.921 bits per heavy atom. The Labute approximate surface area is 395 Å². The lowest BCUT2D eigenvalue weighted by Gasteiger charge is -2.19. The summed E-state index contributed by atoms with van der Waals surface area (Å²) in [6.07, 6.45) is 74.6. The fraction of sp³-hybridized carbons (Fsp3) is 0.881. The monoisotopic (exact) mass is 884 g/mol. The maximum atomic E-state index is 12.5. The molecular weight excluding hydrogens is 771 g/mol. The summed E-state index contributed by atoms with van der Waals surface area (Å²) >= 11 is 0. The third kappa shape index (κ3) is 51.5. The van der Waals surface area contributed by atoms with Gasteiger partial charge in [0.25, 0.3) is 0 Å². The summed E-state index contributed by atoms with van der Waals surface area (Å²) in [5, 5.41) is 23.1. The number of aliphatic hydroxyl groups excluding tert-OH is 2. The highest BCUT2D eigenvalue weighted by molar-refractivity contribution is 5.76. The van der Waals surface area contributed by atoms with Crippen molar-refractivity contribution in [2.45, 2.75) is 328 Å². The van der Waals surface area contributed by atoms with Crippen molar-refractivity contribution in [1.29, 1.82) is 0 Å². The van der Waals surface area contributed by atoms with E-state index in [0.717, 1.165) is 38.5 Å². The Hall–Kier alpha value is -1.39. The van der Waals surface area contributed by atoms with Crippen molar-refractivity contribution in [2.75, 3.05) is 6.61 Å². The molecule has 2 atom stereocenters. The van der Waals surface area contributed by atoms with Crippen LogP contribution in [0.2, 0.25) is 0 Å². The van der Waals surface area contributed by atoms with Crippen LogP contribution in [0.1, 0.15) is 316 Å². The minimum atomic E-state index is -0.869. The second kappa shape index (κ2) is 54.9. The van der Waals surface area contributed by atoms with E-state index in [0.29, 0.717) is 6.42 Å². The summed E-state index contributed by atoms with van der Waals surface area (Å²) in [5.41, 5.74) is 0. The molecule has 0 aliphatic rings. The molecule has 0 rings (SSSR count). The van der Waals surface area contributed by atoms with Crippen LogP contribution in [0, 0.1) is 0 Å². The van der Waals surface area contributed by atoms with Crippen LogP contribution in [0.4, 0.5) is 0 Å². The first kappa shape index (κ1) is 61.6. The average Bonchev–Trinajstić information content (AvgIpc) is 3.29. The van der Waals surface area contributed by atoms with Gasteiger partial charge in [-0.3, -0.25) is 4.79 Å². The molecule has 3 N–H and O–H groups in total. The maximum absolute atomic E-state index is 12.5. The zero-order valence-electron chi connectivity index (χ0n) is 42.9. The lowest BCUT2D eigenvalue weighted by molar-refractivity contribution is -0.123. The zero-order valence-corrected chi connectivity index (χ0v) is 42.9. The summed E-state index contributed by atoms with van der Waals surface area (Å²) in [7, 11) is 0. The van der Waals surface area contributed by atoms with Gasteiger partial charge >= 0.3 is 0 Å². The van der Waals surface area contributed by atoms with Crippen molar-refractivity contribution in [3.05, 3.63) is 36.5 Å². The highest BCUT2D eigenvalue weighted by Crippen LogP contribution is 2.17. The van der Waals surface area contributed by atoms with Gasteiger partial charge in [0.1, 0.15) is 0 Å². The Morgan fingerprint density at radius 1 is 0.365 bits per heavy atom. The summed E-state index contributed by atoms with van der Waals surface area (Å²) in [4.78, 5) is 12.5. The lowest BCUT2D eigenvalue weighted by Crippen LogP contribution is -2.45. The van der Waals surface area contributed by atoms with E-state index in [1.54, 1.807) is 6.08 Å². The summed E-state index contributed by atoms with van der Waals surface area (Å²) in [6.45, 7) is 4.33. The van der Waals surface area contributed by atoms with Crippen molar-refractivity contribution >= 4 is 5.91 Å². The molecule has 2 unspecified atom stereocenters. The average molecular weight is 885 g/mol. The van der Waals surface area contributed by atoms with E-state index in [-0.39, 0.29) is 12.5 Å². The Kier molecular flexibility index (Phi) is 53.7. The second-order valence-corrected chi connectivity index (χ2v) is 19.7. The van der Waals surface area contributed by atoms with E-state index in [4.69, 9.17) is 0 Å². The highest BCUT2D eigenvalue weighted by Gasteiger charge is 2.18. The first-order chi connectivity index (χ1) is 31.2. The number of aliphatic hydroxyl groups is 2. The van der Waals surface area contributed by atoms with Gasteiger partial charge in [0.05, 0.1) is 18.8 Å². The van der Waals surface area contributed by atoms with Gasteiger partial charge in [0.15, 0.2) is 0 Å². The normalized spacial score (nSPS) is 13.0. The number of amides is 1. The molecule has 0 aliphatic heterocycles. The van der Waals surface area contributed by atoms with Crippen LogP contribution in [-0.4, -0.2) is 34.9 Å². The number of carbonyl (C=O) groups is 1. The molecule has 0 aromatic rings. The van der Waals surface area contributed by atoms with Gasteiger partial charge in [-0.1, -0.05) is 301 Å². The van der Waals surface area contributed by atoms with Crippen LogP contribution in [0.15, 0.2) is 36.5 Å². The minimum Gasteiger partial charge on any atom is -0.394 e. The first-order valence-electron chi connectivity index (χ1n) is 28.7. The smallest absolute Gasteiger partial charge is 0.220 e. The van der Waals surface area contributed by atoms with Gasteiger partial charge in [-0.15, -0.1) is 0 Å². The molecule has 0 heterocycles. The van der Waals surface area contributed by atoms with E-state index in [9.17, 15) is 15.0 Å². The Morgan fingerprint density at radius 2 is 0.619 bits per heavy atom. The Balaban J connectivity index is 3.52. The van der Waals surface area contributed by atoms with E-state index >= 15 is 0 Å². The van der Waals surface area contributed by atoms with Gasteiger partial charge < -0.3 is 15.5 Å². The number of nitrogens with one attached hydrogen (secondary N) is 1. The van der Waals surface area contributed by atoms with E-state index in [1.807, 2.05) is 6.08 Å². The minimum absolute atomic E-state index is 0.0724. The number of hydrogen-bond acceptors (Lipinski definition) is 3. The predicted molar refractivity (Wildman–Crippen MR) is 281 cm³/mol. The highest BCUT2D eigenvalue weighted by atomic mass is 16.3. The molecule has 4 heteroatoms. The third-order valence-electron chi connectivity index (χ3n) is 13.4. The van der Waals surface area contributed by atoms with Crippen molar-refractivity contribution < 1.29 is 15.0 Å². The topological polar surface area (TPSA) is 69.6 Å². The van der Waals surface area contributed by atoms with Crippen LogP contribution in [0.3, 0.4) is 0 Å². The van der Waals surface area contributed by atoms with Crippen LogP contribution in [-0.2, 0) is 4.79 Å². The van der Waals surface area contributed by atoms with Crippen molar-refractivity contribution in [3.8, 4) is 0 Å². The number of rotatable bonds is 53. The van der Waals surface area contributed by atoms with E-state index < -0.39 is 12.1 Å². The molecule has 0 bridgehead atoms. The molecule has 0 aliphatic carbocycles. The van der Waals surface area contributed by atoms with Gasteiger partial charge in [-0.25, -0.2) is 0 Å². The van der Waals surface area contributed by atoms with Gasteiger partial charge in [-0.2, -0.15) is 0 Å². The van der Waals surface area contributed by atoms with Crippen molar-refractivity contribution in [2.24, 2.45) is 0 Å². The largest absolute Gasteiger partial charge is 0.394 e. The molecule has 0 saturated heterocycles. The summed E-state index contributed by atoms with van der Waals surface area (Å²) in [5.74, 6) is -0.0724. The predicted octanol–water partition coefficient (Wildman–Crippen LogP) is 18.9. The summed E-state index contributed by atoms with van der Waals surface area (Å²) in [6, 6.07) is -0.644. The van der Waals surface area contributed by atoms with Crippen LogP contribution >= 0.6 is 0 Å². The molecule has 63 heavy (non-hydrogen) atoms. The molecule has 0 aromatic heterocycles. The fourth-order valence-corrected chi connectivity index (χ4v) is 8.98. The Bertz CT molecular complexity index is 958. The molecule has 1 amide bonds. The van der Waals surface area contributed by atoms with Gasteiger partial charge in [-0.05, 0) is 44.9 Å². The number of carbonyl (C=O) groups excluding carboxylic acids is 1. The third-order valence-corrected chi connectivity index (χ3v) is 13.4. The van der Waals surface area contributed by atoms with Crippen LogP contribution < -0.4 is 5.32 Å². The van der Waals surface area contributed by atoms with E-state index in [2.05, 4.69) is 43.5 Å². The molecule has 372 valence electrons.